The lowest BCUT2D eigenvalue weighted by Crippen LogP contribution is -2.55. The van der Waals surface area contributed by atoms with Crippen LogP contribution in [0.4, 0.5) is 0 Å². The molecular formula is C20H25N3O5. The number of amides is 1. The second-order valence-electron chi connectivity index (χ2n) is 7.28. The van der Waals surface area contributed by atoms with E-state index >= 15 is 0 Å². The van der Waals surface area contributed by atoms with E-state index in [-0.39, 0.29) is 12.5 Å². The van der Waals surface area contributed by atoms with Crippen molar-refractivity contribution in [3.05, 3.63) is 41.5 Å². The first-order chi connectivity index (χ1) is 13.4. The first-order valence-electron chi connectivity index (χ1n) is 9.51. The van der Waals surface area contributed by atoms with Gasteiger partial charge in [0, 0.05) is 12.0 Å². The number of carbonyl (C=O) groups is 2. The van der Waals surface area contributed by atoms with Crippen molar-refractivity contribution >= 4 is 11.9 Å². The average Bonchev–Trinajstić information content (AvgIpc) is 3.14. The number of aromatic nitrogens is 2. The highest BCUT2D eigenvalue weighted by molar-refractivity contribution is 5.95. The molecule has 2 aromatic rings. The van der Waals surface area contributed by atoms with Gasteiger partial charge < -0.3 is 19.7 Å². The molecule has 3 rings (SSSR count). The van der Waals surface area contributed by atoms with Crippen molar-refractivity contribution in [2.45, 2.75) is 58.1 Å². The van der Waals surface area contributed by atoms with Crippen molar-refractivity contribution in [3.8, 4) is 5.75 Å². The fourth-order valence-electron chi connectivity index (χ4n) is 3.55. The third kappa shape index (κ3) is 4.49. The molecule has 2 N–H and O–H groups in total. The lowest BCUT2D eigenvalue weighted by molar-refractivity contribution is -0.145. The third-order valence-corrected chi connectivity index (χ3v) is 5.20. The number of hydrogen-bond acceptors (Lipinski definition) is 6. The lowest BCUT2D eigenvalue weighted by Gasteiger charge is -2.39. The van der Waals surface area contributed by atoms with Crippen LogP contribution in [0.3, 0.4) is 0 Å². The maximum Gasteiger partial charge on any atom is 0.308 e. The van der Waals surface area contributed by atoms with Gasteiger partial charge in [-0.15, -0.1) is 0 Å². The van der Waals surface area contributed by atoms with Crippen LogP contribution >= 0.6 is 0 Å². The largest absolute Gasteiger partial charge is 0.485 e. The molecule has 0 spiro atoms. The van der Waals surface area contributed by atoms with E-state index in [1.165, 1.54) is 0 Å². The van der Waals surface area contributed by atoms with Crippen molar-refractivity contribution in [1.29, 1.82) is 0 Å². The number of nitrogens with one attached hydrogen (secondary N) is 1. The quantitative estimate of drug-likeness (QED) is 0.750. The maximum atomic E-state index is 12.6. The van der Waals surface area contributed by atoms with Crippen LogP contribution in [0.2, 0.25) is 0 Å². The molecule has 0 radical (unpaired) electrons. The zero-order valence-electron chi connectivity index (χ0n) is 16.1. The second-order valence-corrected chi connectivity index (χ2v) is 7.28. The summed E-state index contributed by atoms with van der Waals surface area (Å²) in [6, 6.07) is 6.68. The monoisotopic (exact) mass is 387 g/mol. The summed E-state index contributed by atoms with van der Waals surface area (Å²) in [4.78, 5) is 28.4. The van der Waals surface area contributed by atoms with E-state index in [0.29, 0.717) is 42.3 Å². The molecule has 2 atom stereocenters. The van der Waals surface area contributed by atoms with Crippen molar-refractivity contribution < 1.29 is 24.0 Å². The minimum absolute atomic E-state index is 0.174. The normalized spacial score (nSPS) is 21.9. The Bertz CT molecular complexity index is 833. The lowest BCUT2D eigenvalue weighted by atomic mass is 9.73. The van der Waals surface area contributed by atoms with E-state index in [1.54, 1.807) is 24.3 Å². The number of aryl methyl sites for hydroxylation is 1. The maximum absolute atomic E-state index is 12.6. The van der Waals surface area contributed by atoms with Crippen LogP contribution < -0.4 is 10.1 Å². The van der Waals surface area contributed by atoms with Crippen molar-refractivity contribution in [3.63, 3.8) is 0 Å². The molecule has 0 saturated heterocycles. The van der Waals surface area contributed by atoms with Crippen molar-refractivity contribution in [2.24, 2.45) is 5.92 Å². The minimum Gasteiger partial charge on any atom is -0.485 e. The third-order valence-electron chi connectivity index (χ3n) is 5.20. The number of carbonyl (C=O) groups excluding carboxylic acids is 1. The Balaban J connectivity index is 1.60. The Hall–Kier alpha value is -2.90. The summed E-state index contributed by atoms with van der Waals surface area (Å²) in [6.07, 6.45) is 3.67. The molecule has 0 bridgehead atoms. The fourth-order valence-corrected chi connectivity index (χ4v) is 3.55. The van der Waals surface area contributed by atoms with Crippen LogP contribution in [0.5, 0.6) is 5.75 Å². The number of nitrogens with zero attached hydrogens (tertiary/aromatic N) is 2. The van der Waals surface area contributed by atoms with Gasteiger partial charge in [0.25, 0.3) is 5.91 Å². The topological polar surface area (TPSA) is 115 Å². The predicted octanol–water partition coefficient (Wildman–Crippen LogP) is 2.97. The van der Waals surface area contributed by atoms with Gasteiger partial charge in [-0.3, -0.25) is 9.59 Å². The van der Waals surface area contributed by atoms with Gasteiger partial charge in [0.15, 0.2) is 6.61 Å². The molecule has 1 aromatic heterocycles. The summed E-state index contributed by atoms with van der Waals surface area (Å²) >= 11 is 0. The number of ether oxygens (including phenoxy) is 1. The van der Waals surface area contributed by atoms with Gasteiger partial charge in [-0.25, -0.2) is 0 Å². The van der Waals surface area contributed by atoms with Gasteiger partial charge in [-0.2, -0.15) is 4.98 Å². The molecule has 1 saturated carbocycles. The standard InChI is InChI=1S/C20H25N3O5/c1-3-17-21-16(23-28-17)12-27-14-9-7-13(8-10-14)18(24)22-20(2)11-5-4-6-15(20)19(25)26/h7-10,15H,3-6,11-12H2,1-2H3,(H,22,24)(H,25,26). The molecule has 2 unspecified atom stereocenters. The first-order valence-corrected chi connectivity index (χ1v) is 9.51. The molecule has 0 aliphatic heterocycles. The minimum atomic E-state index is -0.862. The van der Waals surface area contributed by atoms with Crippen molar-refractivity contribution in [2.75, 3.05) is 0 Å². The number of carboxylic acids is 1. The Morgan fingerprint density at radius 3 is 2.71 bits per heavy atom. The molecule has 8 nitrogen and oxygen atoms in total. The summed E-state index contributed by atoms with van der Waals surface area (Å²) in [6.45, 7) is 3.91. The van der Waals surface area contributed by atoms with Gasteiger partial charge in [-0.1, -0.05) is 24.9 Å². The highest BCUT2D eigenvalue weighted by atomic mass is 16.5. The Morgan fingerprint density at radius 2 is 2.07 bits per heavy atom. The van der Waals surface area contributed by atoms with E-state index < -0.39 is 17.4 Å². The van der Waals surface area contributed by atoms with Crippen LogP contribution in [0.15, 0.2) is 28.8 Å². The van der Waals surface area contributed by atoms with Gasteiger partial charge in [0.05, 0.1) is 11.5 Å². The summed E-state index contributed by atoms with van der Waals surface area (Å²) in [5, 5.41) is 16.2. The summed E-state index contributed by atoms with van der Waals surface area (Å²) in [5.74, 6) is -0.125. The highest BCUT2D eigenvalue weighted by Gasteiger charge is 2.42. The molecule has 1 amide bonds. The molecular weight excluding hydrogens is 362 g/mol. The Morgan fingerprint density at radius 1 is 1.32 bits per heavy atom. The SMILES string of the molecule is CCc1nc(COc2ccc(C(=O)NC3(C)CCCCC3C(=O)O)cc2)no1. The average molecular weight is 387 g/mol. The number of hydrogen-bond donors (Lipinski definition) is 2. The van der Waals surface area contributed by atoms with E-state index in [1.807, 2.05) is 13.8 Å². The fraction of sp³-hybridized carbons (Fsp3) is 0.500. The van der Waals surface area contributed by atoms with Crippen molar-refractivity contribution in [1.82, 2.24) is 15.5 Å². The molecule has 1 heterocycles. The molecule has 8 heteroatoms. The number of carboxylic acid groups (broad SMARTS) is 1. The summed E-state index contributed by atoms with van der Waals surface area (Å²) in [5.41, 5.74) is -0.289. The number of aliphatic carboxylic acids is 1. The van der Waals surface area contributed by atoms with Crippen LogP contribution in [-0.2, 0) is 17.8 Å². The molecule has 150 valence electrons. The zero-order valence-corrected chi connectivity index (χ0v) is 16.1. The van der Waals surface area contributed by atoms with Crippen LogP contribution in [0.25, 0.3) is 0 Å². The smallest absolute Gasteiger partial charge is 0.308 e. The molecule has 28 heavy (non-hydrogen) atoms. The van der Waals surface area contributed by atoms with Gasteiger partial charge in [0.2, 0.25) is 11.7 Å². The summed E-state index contributed by atoms with van der Waals surface area (Å²) in [7, 11) is 0. The van der Waals surface area contributed by atoms with Crippen LogP contribution in [-0.4, -0.2) is 32.7 Å². The molecule has 1 aliphatic rings. The number of benzene rings is 1. The van der Waals surface area contributed by atoms with Gasteiger partial charge in [0.1, 0.15) is 5.75 Å². The Labute approximate surface area is 163 Å². The predicted molar refractivity (Wildman–Crippen MR) is 99.9 cm³/mol. The highest BCUT2D eigenvalue weighted by Crippen LogP contribution is 2.34. The van der Waals surface area contributed by atoms with E-state index in [4.69, 9.17) is 9.26 Å². The van der Waals surface area contributed by atoms with Crippen LogP contribution in [0.1, 0.15) is 61.6 Å². The van der Waals surface area contributed by atoms with E-state index in [2.05, 4.69) is 15.5 Å². The van der Waals surface area contributed by atoms with Gasteiger partial charge >= 0.3 is 5.97 Å². The zero-order chi connectivity index (χ0) is 20.1. The molecule has 1 aromatic carbocycles. The summed E-state index contributed by atoms with van der Waals surface area (Å²) < 4.78 is 10.6. The first kappa shape index (κ1) is 19.9. The molecule has 1 aliphatic carbocycles. The van der Waals surface area contributed by atoms with E-state index in [0.717, 1.165) is 12.8 Å². The second kappa shape index (κ2) is 8.41. The van der Waals surface area contributed by atoms with Gasteiger partial charge in [-0.05, 0) is 44.0 Å². The van der Waals surface area contributed by atoms with E-state index in [9.17, 15) is 14.7 Å². The molecule has 1 fully saturated rings. The van der Waals surface area contributed by atoms with Crippen LogP contribution in [0, 0.1) is 5.92 Å². The Kier molecular flexibility index (Phi) is 5.96. The number of rotatable bonds is 7.